The summed E-state index contributed by atoms with van der Waals surface area (Å²) in [5.41, 5.74) is 5.12. The highest BCUT2D eigenvalue weighted by atomic mass is 35.5. The van der Waals surface area contributed by atoms with Crippen LogP contribution in [-0.4, -0.2) is 77.6 Å². The minimum atomic E-state index is -0.938. The van der Waals surface area contributed by atoms with Crippen molar-refractivity contribution in [2.45, 2.75) is 61.9 Å². The Morgan fingerprint density at radius 3 is 2.93 bits per heavy atom. The predicted octanol–water partition coefficient (Wildman–Crippen LogP) is 5.55. The number of halogens is 4. The van der Waals surface area contributed by atoms with Gasteiger partial charge in [0.2, 0.25) is 0 Å². The van der Waals surface area contributed by atoms with E-state index in [1.807, 2.05) is 6.07 Å². The Hall–Kier alpha value is -3.57. The van der Waals surface area contributed by atoms with Crippen molar-refractivity contribution in [3.63, 3.8) is 0 Å². The molecule has 14 heteroatoms. The zero-order chi connectivity index (χ0) is 31.5. The van der Waals surface area contributed by atoms with E-state index in [1.54, 1.807) is 0 Å². The largest absolute Gasteiger partial charge is 0.489 e. The second-order valence-electron chi connectivity index (χ2n) is 13.1. The summed E-state index contributed by atoms with van der Waals surface area (Å²) in [7, 11) is 0. The number of nitriles is 1. The van der Waals surface area contributed by atoms with Crippen LogP contribution in [-0.2, 0) is 0 Å². The van der Waals surface area contributed by atoms with Gasteiger partial charge in [0.05, 0.1) is 27.6 Å². The van der Waals surface area contributed by atoms with E-state index >= 15 is 8.78 Å². The number of alkyl halides is 1. The lowest BCUT2D eigenvalue weighted by Gasteiger charge is -2.40. The first kappa shape index (κ1) is 28.6. The van der Waals surface area contributed by atoms with Crippen LogP contribution >= 0.6 is 22.9 Å². The van der Waals surface area contributed by atoms with Gasteiger partial charge in [0.1, 0.15) is 47.6 Å². The van der Waals surface area contributed by atoms with E-state index in [0.29, 0.717) is 30.0 Å². The fourth-order valence-electron chi connectivity index (χ4n) is 8.56. The first-order chi connectivity index (χ1) is 22.3. The van der Waals surface area contributed by atoms with Crippen LogP contribution in [0.1, 0.15) is 37.7 Å². The Labute approximate surface area is 271 Å². The minimum Gasteiger partial charge on any atom is -0.489 e. The molecule has 5 atom stereocenters. The van der Waals surface area contributed by atoms with Crippen LogP contribution in [0.5, 0.6) is 11.8 Å². The zero-order valence-electron chi connectivity index (χ0n) is 24.6. The molecule has 9 nitrogen and oxygen atoms in total. The van der Waals surface area contributed by atoms with Crippen LogP contribution in [0.15, 0.2) is 12.1 Å². The third-order valence-corrected chi connectivity index (χ3v) is 11.9. The number of ether oxygens (including phenoxy) is 2. The molecule has 4 aromatic rings. The number of hydrogen-bond donors (Lipinski definition) is 2. The van der Waals surface area contributed by atoms with Crippen LogP contribution in [0.3, 0.4) is 0 Å². The molecule has 46 heavy (non-hydrogen) atoms. The van der Waals surface area contributed by atoms with E-state index in [0.717, 1.165) is 43.6 Å². The molecule has 0 aliphatic carbocycles. The van der Waals surface area contributed by atoms with Gasteiger partial charge in [0.25, 0.3) is 0 Å². The van der Waals surface area contributed by atoms with E-state index in [1.165, 1.54) is 12.1 Å². The quantitative estimate of drug-likeness (QED) is 0.289. The number of hydrogen-bond acceptors (Lipinski definition) is 10. The summed E-state index contributed by atoms with van der Waals surface area (Å²) in [6.07, 6.45) is 3.09. The Balaban J connectivity index is 1.27. The molecule has 0 amide bonds. The van der Waals surface area contributed by atoms with Gasteiger partial charge in [-0.15, -0.1) is 11.3 Å². The lowest BCUT2D eigenvalue weighted by Crippen LogP contribution is -2.60. The molecule has 0 radical (unpaired) electrons. The standard InChI is InChI=1S/C32H29ClF3N7O2S/c33-25-23(22-17(35)3-5-20-21(22)16(9-37)29(38)46-20)26(36)27-24-28(25)44-12-19-18-4-2-15(39-18)11-43(19)30(24)41-31(40-27)45-13-32-6-1-7-42(32)10-14(34)8-32/h3,5,14-15,18-19,39H,1-2,4,6-8,10-13,38H2/t14-,15-,18+,19-,32+/m1/s1. The SMILES string of the molecule is N#Cc1c(N)sc2ccc(F)c(-c3c(Cl)c4c5c(nc(OC[C@@]67CCCN6C[C@H](F)C7)nc5c3F)N3C[C@H]5CC[C@H](N5)[C@H]3CO4)c12. The van der Waals surface area contributed by atoms with Crippen molar-refractivity contribution in [3.05, 3.63) is 34.4 Å². The van der Waals surface area contributed by atoms with Crippen molar-refractivity contribution in [2.75, 3.05) is 43.5 Å². The number of piperazine rings is 1. The van der Waals surface area contributed by atoms with Gasteiger partial charge in [-0.2, -0.15) is 15.2 Å². The zero-order valence-corrected chi connectivity index (χ0v) is 26.2. The molecule has 2 bridgehead atoms. The summed E-state index contributed by atoms with van der Waals surface area (Å²) < 4.78 is 60.7. The molecular weight excluding hydrogens is 639 g/mol. The lowest BCUT2D eigenvalue weighted by molar-refractivity contribution is 0.107. The highest BCUT2D eigenvalue weighted by Gasteiger charge is 2.50. The summed E-state index contributed by atoms with van der Waals surface area (Å²) in [4.78, 5) is 13.7. The van der Waals surface area contributed by atoms with Gasteiger partial charge in [0.15, 0.2) is 11.6 Å². The Morgan fingerprint density at radius 1 is 1.22 bits per heavy atom. The highest BCUT2D eigenvalue weighted by Crippen LogP contribution is 2.52. The van der Waals surface area contributed by atoms with Gasteiger partial charge in [0, 0.05) is 52.8 Å². The lowest BCUT2D eigenvalue weighted by atomic mass is 9.95. The summed E-state index contributed by atoms with van der Waals surface area (Å²) in [6, 6.07) is 4.93. The third-order valence-electron chi connectivity index (χ3n) is 10.6. The van der Waals surface area contributed by atoms with Crippen LogP contribution in [0.2, 0.25) is 5.02 Å². The maximum atomic E-state index is 17.1. The molecule has 238 valence electrons. The average molecular weight is 668 g/mol. The van der Waals surface area contributed by atoms with Gasteiger partial charge in [-0.1, -0.05) is 11.6 Å². The van der Waals surface area contributed by atoms with Gasteiger partial charge in [-0.3, -0.25) is 4.90 Å². The maximum absolute atomic E-state index is 17.1. The predicted molar refractivity (Wildman–Crippen MR) is 170 cm³/mol. The van der Waals surface area contributed by atoms with Gasteiger partial charge in [-0.25, -0.2) is 13.2 Å². The van der Waals surface area contributed by atoms with Crippen molar-refractivity contribution < 1.29 is 22.6 Å². The van der Waals surface area contributed by atoms with Gasteiger partial charge < -0.3 is 25.4 Å². The number of rotatable bonds is 4. The van der Waals surface area contributed by atoms with E-state index in [2.05, 4.69) is 20.1 Å². The number of thiophene rings is 1. The average Bonchev–Trinajstić information content (AvgIpc) is 3.75. The highest BCUT2D eigenvalue weighted by molar-refractivity contribution is 7.23. The van der Waals surface area contributed by atoms with E-state index in [-0.39, 0.29) is 86.1 Å². The topological polar surface area (TPSA) is 113 Å². The van der Waals surface area contributed by atoms with E-state index in [9.17, 15) is 9.65 Å². The number of nitrogen functional groups attached to an aromatic ring is 1. The normalized spacial score (nSPS) is 28.3. The first-order valence-electron chi connectivity index (χ1n) is 15.6. The summed E-state index contributed by atoms with van der Waals surface area (Å²) in [6.45, 7) is 2.17. The number of nitrogens with one attached hydrogen (secondary N) is 1. The van der Waals surface area contributed by atoms with Crippen molar-refractivity contribution in [2.24, 2.45) is 0 Å². The minimum absolute atomic E-state index is 0.0478. The van der Waals surface area contributed by atoms with Crippen LogP contribution in [0, 0.1) is 23.0 Å². The fraction of sp³-hybridized carbons (Fsp3) is 0.469. The number of fused-ring (bicyclic) bond motifs is 7. The Bertz CT molecular complexity index is 2000. The number of nitrogens with zero attached hydrogens (tertiary/aromatic N) is 5. The Kier molecular flexibility index (Phi) is 6.36. The fourth-order valence-corrected chi connectivity index (χ4v) is 9.81. The molecule has 9 rings (SSSR count). The molecule has 2 aromatic heterocycles. The summed E-state index contributed by atoms with van der Waals surface area (Å²) in [5.74, 6) is -1.07. The van der Waals surface area contributed by atoms with Crippen molar-refractivity contribution in [1.29, 1.82) is 5.26 Å². The molecule has 2 aromatic carbocycles. The first-order valence-corrected chi connectivity index (χ1v) is 16.8. The number of nitrogens with two attached hydrogens (primary N) is 1. The van der Waals surface area contributed by atoms with Crippen LogP contribution in [0.25, 0.3) is 32.1 Å². The molecule has 5 aliphatic rings. The smallest absolute Gasteiger partial charge is 0.319 e. The molecule has 4 fully saturated rings. The molecule has 7 heterocycles. The van der Waals surface area contributed by atoms with Crippen molar-refractivity contribution in [1.82, 2.24) is 20.2 Å². The van der Waals surface area contributed by atoms with Gasteiger partial charge in [-0.05, 0) is 44.4 Å². The Morgan fingerprint density at radius 2 is 2.09 bits per heavy atom. The van der Waals surface area contributed by atoms with Gasteiger partial charge >= 0.3 is 6.01 Å². The maximum Gasteiger partial charge on any atom is 0.319 e. The van der Waals surface area contributed by atoms with E-state index < -0.39 is 23.3 Å². The molecule has 4 saturated heterocycles. The molecule has 0 unspecified atom stereocenters. The molecule has 0 spiro atoms. The molecular formula is C32H29ClF3N7O2S. The second kappa shape index (κ2) is 10.2. The van der Waals surface area contributed by atoms with Crippen LogP contribution < -0.4 is 25.4 Å². The monoisotopic (exact) mass is 667 g/mol. The summed E-state index contributed by atoms with van der Waals surface area (Å²) in [5, 5.41) is 14.1. The number of anilines is 2. The summed E-state index contributed by atoms with van der Waals surface area (Å²) >= 11 is 8.13. The van der Waals surface area contributed by atoms with Crippen molar-refractivity contribution in [3.8, 4) is 29.0 Å². The van der Waals surface area contributed by atoms with Crippen molar-refractivity contribution >= 4 is 54.7 Å². The number of benzene rings is 2. The number of aromatic nitrogens is 2. The molecule has 0 saturated carbocycles. The third kappa shape index (κ3) is 4.00. The van der Waals surface area contributed by atoms with E-state index in [4.69, 9.17) is 31.8 Å². The van der Waals surface area contributed by atoms with Crippen LogP contribution in [0.4, 0.5) is 24.0 Å². The molecule has 3 N–H and O–H groups in total. The second-order valence-corrected chi connectivity index (χ2v) is 14.5. The molecule has 5 aliphatic heterocycles.